The molecule has 0 aliphatic carbocycles. The van der Waals surface area contributed by atoms with E-state index in [1.807, 2.05) is 24.5 Å². The number of benzene rings is 2. The average molecular weight is 481 g/mol. The van der Waals surface area contributed by atoms with E-state index in [9.17, 15) is 9.59 Å². The highest BCUT2D eigenvalue weighted by Crippen LogP contribution is 2.17. The third-order valence-corrected chi connectivity index (χ3v) is 5.42. The van der Waals surface area contributed by atoms with Crippen LogP contribution in [0.3, 0.4) is 0 Å². The van der Waals surface area contributed by atoms with Gasteiger partial charge >= 0.3 is 0 Å². The lowest BCUT2D eigenvalue weighted by molar-refractivity contribution is -0.123. The fourth-order valence-corrected chi connectivity index (χ4v) is 3.46. The third kappa shape index (κ3) is 7.62. The summed E-state index contributed by atoms with van der Waals surface area (Å²) in [4.78, 5) is 25.1. The predicted octanol–water partition coefficient (Wildman–Crippen LogP) is 3.50. The van der Waals surface area contributed by atoms with Crippen LogP contribution < -0.4 is 20.1 Å². The van der Waals surface area contributed by atoms with Crippen LogP contribution in [0.5, 0.6) is 11.5 Å². The van der Waals surface area contributed by atoms with Crippen molar-refractivity contribution >= 4 is 39.5 Å². The topological polar surface area (TPSA) is 76.7 Å². The summed E-state index contributed by atoms with van der Waals surface area (Å²) in [5.74, 6) is 1.70. The quantitative estimate of drug-likeness (QED) is 0.481. The van der Waals surface area contributed by atoms with Gasteiger partial charge in [-0.15, -0.1) is 0 Å². The van der Waals surface area contributed by atoms with Crippen LogP contribution in [-0.4, -0.2) is 50.1 Å². The summed E-state index contributed by atoms with van der Waals surface area (Å²) in [6.07, 6.45) is 2.51. The van der Waals surface area contributed by atoms with E-state index < -0.39 is 6.04 Å². The van der Waals surface area contributed by atoms with Crippen molar-refractivity contribution in [1.29, 1.82) is 0 Å². The summed E-state index contributed by atoms with van der Waals surface area (Å²) >= 11 is 5.00. The number of carbonyl (C=O) groups excluding carboxylic acids is 2. The number of carbonyl (C=O) groups is 2. The summed E-state index contributed by atoms with van der Waals surface area (Å²) in [6, 6.07) is 13.7. The molecule has 0 radical (unpaired) electrons. The van der Waals surface area contributed by atoms with Gasteiger partial charge in [0.25, 0.3) is 5.91 Å². The molecule has 0 fully saturated rings. The molecule has 0 aromatic heterocycles. The van der Waals surface area contributed by atoms with Crippen LogP contribution in [0.15, 0.2) is 53.0 Å². The molecule has 29 heavy (non-hydrogen) atoms. The smallest absolute Gasteiger partial charge is 0.253 e. The van der Waals surface area contributed by atoms with Crippen LogP contribution in [0.25, 0.3) is 0 Å². The summed E-state index contributed by atoms with van der Waals surface area (Å²) in [6.45, 7) is 0.664. The molecule has 2 aromatic rings. The number of amides is 2. The van der Waals surface area contributed by atoms with Gasteiger partial charge in [0, 0.05) is 4.47 Å². The van der Waals surface area contributed by atoms with Crippen molar-refractivity contribution in [3.8, 4) is 11.5 Å². The number of methoxy groups -OCH3 is 1. The van der Waals surface area contributed by atoms with Crippen LogP contribution in [0, 0.1) is 0 Å². The predicted molar refractivity (Wildman–Crippen MR) is 120 cm³/mol. The van der Waals surface area contributed by atoms with E-state index >= 15 is 0 Å². The van der Waals surface area contributed by atoms with E-state index in [4.69, 9.17) is 9.47 Å². The van der Waals surface area contributed by atoms with Gasteiger partial charge in [0.1, 0.15) is 24.1 Å². The van der Waals surface area contributed by atoms with Crippen molar-refractivity contribution in [2.45, 2.75) is 12.5 Å². The average Bonchev–Trinajstić information content (AvgIpc) is 2.74. The van der Waals surface area contributed by atoms with Crippen molar-refractivity contribution in [3.63, 3.8) is 0 Å². The zero-order chi connectivity index (χ0) is 21.1. The summed E-state index contributed by atoms with van der Waals surface area (Å²) in [7, 11) is 1.61. The van der Waals surface area contributed by atoms with E-state index in [0.717, 1.165) is 11.5 Å². The first-order chi connectivity index (χ1) is 14.0. The molecule has 2 aromatic carbocycles. The van der Waals surface area contributed by atoms with Gasteiger partial charge in [0.2, 0.25) is 5.91 Å². The number of rotatable bonds is 11. The second-order valence-corrected chi connectivity index (χ2v) is 7.94. The van der Waals surface area contributed by atoms with E-state index in [-0.39, 0.29) is 11.8 Å². The number of nitrogens with one attached hydrogen (secondary N) is 2. The Labute approximate surface area is 183 Å². The molecule has 8 heteroatoms. The van der Waals surface area contributed by atoms with Crippen LogP contribution in [0.4, 0.5) is 0 Å². The van der Waals surface area contributed by atoms with Crippen molar-refractivity contribution in [2.24, 2.45) is 0 Å². The van der Waals surface area contributed by atoms with E-state index in [2.05, 4.69) is 26.6 Å². The molecule has 0 heterocycles. The molecule has 2 rings (SSSR count). The molecule has 0 aliphatic heterocycles. The Hall–Kier alpha value is -2.19. The molecule has 2 amide bonds. The first kappa shape index (κ1) is 23.1. The van der Waals surface area contributed by atoms with Gasteiger partial charge in [-0.25, -0.2) is 0 Å². The largest absolute Gasteiger partial charge is 0.497 e. The SMILES string of the molecule is COc1ccc(OCCNC(=O)C(CCSC)NC(=O)c2ccccc2Br)cc1. The van der Waals surface area contributed by atoms with Crippen LogP contribution in [0.2, 0.25) is 0 Å². The summed E-state index contributed by atoms with van der Waals surface area (Å²) < 4.78 is 11.4. The van der Waals surface area contributed by atoms with Gasteiger partial charge in [-0.3, -0.25) is 9.59 Å². The Morgan fingerprint density at radius 1 is 1.10 bits per heavy atom. The minimum Gasteiger partial charge on any atom is -0.497 e. The Balaban J connectivity index is 1.85. The highest BCUT2D eigenvalue weighted by atomic mass is 79.9. The normalized spacial score (nSPS) is 11.4. The molecule has 2 N–H and O–H groups in total. The summed E-state index contributed by atoms with van der Waals surface area (Å²) in [5, 5.41) is 5.66. The maximum absolute atomic E-state index is 12.6. The lowest BCUT2D eigenvalue weighted by Gasteiger charge is -2.19. The number of thioether (sulfide) groups is 1. The van der Waals surface area contributed by atoms with E-state index in [0.29, 0.717) is 35.4 Å². The van der Waals surface area contributed by atoms with Crippen molar-refractivity contribution in [2.75, 3.05) is 32.3 Å². The van der Waals surface area contributed by atoms with Gasteiger partial charge in [0.05, 0.1) is 19.2 Å². The minimum atomic E-state index is -0.608. The van der Waals surface area contributed by atoms with Gasteiger partial charge in [0.15, 0.2) is 0 Å². The molecular formula is C21H25BrN2O4S. The number of halogens is 1. The number of hydrogen-bond acceptors (Lipinski definition) is 5. The molecule has 0 spiro atoms. The van der Waals surface area contributed by atoms with Crippen molar-refractivity contribution in [3.05, 3.63) is 58.6 Å². The standard InChI is InChI=1S/C21H25BrN2O4S/c1-27-15-7-9-16(10-8-15)28-13-12-23-21(26)19(11-14-29-2)24-20(25)17-5-3-4-6-18(17)22/h3-10,19H,11-14H2,1-2H3,(H,23,26)(H,24,25). The van der Waals surface area contributed by atoms with Gasteiger partial charge in [-0.1, -0.05) is 12.1 Å². The number of ether oxygens (including phenoxy) is 2. The molecule has 0 aliphatic rings. The van der Waals surface area contributed by atoms with Gasteiger partial charge < -0.3 is 20.1 Å². The number of hydrogen-bond donors (Lipinski definition) is 2. The molecule has 0 saturated heterocycles. The van der Waals surface area contributed by atoms with Gasteiger partial charge in [-0.2, -0.15) is 11.8 Å². The molecule has 1 unspecified atom stereocenters. The zero-order valence-electron chi connectivity index (χ0n) is 16.4. The van der Waals surface area contributed by atoms with Crippen LogP contribution in [-0.2, 0) is 4.79 Å². The van der Waals surface area contributed by atoms with Crippen molar-refractivity contribution in [1.82, 2.24) is 10.6 Å². The monoisotopic (exact) mass is 480 g/mol. The molecule has 156 valence electrons. The Morgan fingerprint density at radius 2 is 1.79 bits per heavy atom. The fraction of sp³-hybridized carbons (Fsp3) is 0.333. The first-order valence-corrected chi connectivity index (χ1v) is 11.3. The Morgan fingerprint density at radius 3 is 2.45 bits per heavy atom. The fourth-order valence-electron chi connectivity index (χ4n) is 2.52. The summed E-state index contributed by atoms with van der Waals surface area (Å²) in [5.41, 5.74) is 0.497. The molecule has 0 bridgehead atoms. The Kier molecular flexibility index (Phi) is 9.87. The minimum absolute atomic E-state index is 0.224. The lowest BCUT2D eigenvalue weighted by Crippen LogP contribution is -2.48. The maximum atomic E-state index is 12.6. The van der Waals surface area contributed by atoms with E-state index in [1.54, 1.807) is 49.2 Å². The molecule has 0 saturated carbocycles. The van der Waals surface area contributed by atoms with Gasteiger partial charge in [-0.05, 0) is 70.8 Å². The van der Waals surface area contributed by atoms with E-state index in [1.165, 1.54) is 0 Å². The Bertz CT molecular complexity index is 802. The molecule has 6 nitrogen and oxygen atoms in total. The zero-order valence-corrected chi connectivity index (χ0v) is 18.8. The highest BCUT2D eigenvalue weighted by molar-refractivity contribution is 9.10. The third-order valence-electron chi connectivity index (χ3n) is 4.08. The lowest BCUT2D eigenvalue weighted by atomic mass is 10.1. The second-order valence-electron chi connectivity index (χ2n) is 6.10. The highest BCUT2D eigenvalue weighted by Gasteiger charge is 2.21. The molecule has 1 atom stereocenters. The van der Waals surface area contributed by atoms with Crippen molar-refractivity contribution < 1.29 is 19.1 Å². The van der Waals surface area contributed by atoms with Crippen LogP contribution >= 0.6 is 27.7 Å². The molecular weight excluding hydrogens is 456 g/mol. The maximum Gasteiger partial charge on any atom is 0.253 e. The first-order valence-electron chi connectivity index (χ1n) is 9.14. The second kappa shape index (κ2) is 12.4. The van der Waals surface area contributed by atoms with Crippen LogP contribution in [0.1, 0.15) is 16.8 Å².